The van der Waals surface area contributed by atoms with Crippen LogP contribution in [-0.4, -0.2) is 55.7 Å². The fourth-order valence-electron chi connectivity index (χ4n) is 3.62. The first-order valence-corrected chi connectivity index (χ1v) is 13.4. The summed E-state index contributed by atoms with van der Waals surface area (Å²) in [5, 5.41) is 5.64. The van der Waals surface area contributed by atoms with Gasteiger partial charge in [0.2, 0.25) is 21.8 Å². The second-order valence-corrected chi connectivity index (χ2v) is 10.6. The number of rotatable bonds is 10. The Hall–Kier alpha value is -2.30. The number of carbonyl (C=O) groups excluding carboxylic acids is 2. The normalized spacial score (nSPS) is 18.1. The number of amides is 2. The van der Waals surface area contributed by atoms with Crippen LogP contribution in [0.5, 0.6) is 0 Å². The van der Waals surface area contributed by atoms with Crippen LogP contribution in [0.4, 0.5) is 0 Å². The van der Waals surface area contributed by atoms with Gasteiger partial charge >= 0.3 is 0 Å². The molecule has 32 heavy (non-hydrogen) atoms. The zero-order valence-electron chi connectivity index (χ0n) is 18.0. The maximum atomic E-state index is 13.0. The second-order valence-electron chi connectivity index (χ2n) is 7.66. The number of thioether (sulfide) groups is 1. The molecule has 0 radical (unpaired) electrons. The zero-order valence-corrected chi connectivity index (χ0v) is 19.7. The molecule has 3 rings (SSSR count). The van der Waals surface area contributed by atoms with Crippen LogP contribution in [-0.2, 0) is 26.2 Å². The molecule has 2 aromatic rings. The summed E-state index contributed by atoms with van der Waals surface area (Å²) in [4.78, 5) is 25.9. The summed E-state index contributed by atoms with van der Waals surface area (Å²) in [7, 11) is -3.66. The Labute approximate surface area is 193 Å². The van der Waals surface area contributed by atoms with Crippen molar-refractivity contribution in [2.45, 2.75) is 36.7 Å². The van der Waals surface area contributed by atoms with Crippen molar-refractivity contribution in [3.63, 3.8) is 0 Å². The highest BCUT2D eigenvalue weighted by molar-refractivity contribution is 7.98. The van der Waals surface area contributed by atoms with Crippen LogP contribution in [0.15, 0.2) is 58.0 Å². The summed E-state index contributed by atoms with van der Waals surface area (Å²) in [6.07, 6.45) is 5.12. The fourth-order valence-corrected chi connectivity index (χ4v) is 5.64. The van der Waals surface area contributed by atoms with Gasteiger partial charge in [0.05, 0.1) is 23.6 Å². The molecule has 2 amide bonds. The number of piperidine rings is 1. The average molecular weight is 480 g/mol. The van der Waals surface area contributed by atoms with Gasteiger partial charge in [-0.1, -0.05) is 18.2 Å². The fraction of sp³-hybridized carbons (Fsp3) is 0.455. The topological polar surface area (TPSA) is 109 Å². The molecule has 174 valence electrons. The number of benzene rings is 1. The number of nitrogens with one attached hydrogen (secondary N) is 2. The van der Waals surface area contributed by atoms with E-state index in [2.05, 4.69) is 10.6 Å². The van der Waals surface area contributed by atoms with E-state index in [9.17, 15) is 18.0 Å². The predicted octanol–water partition coefficient (Wildman–Crippen LogP) is 2.23. The van der Waals surface area contributed by atoms with Crippen LogP contribution in [0.25, 0.3) is 0 Å². The molecule has 1 aromatic carbocycles. The van der Waals surface area contributed by atoms with Gasteiger partial charge in [0.1, 0.15) is 11.8 Å². The van der Waals surface area contributed by atoms with Crippen molar-refractivity contribution in [3.05, 3.63) is 54.5 Å². The lowest BCUT2D eigenvalue weighted by atomic mass is 9.98. The number of sulfonamides is 1. The number of nitrogens with zero attached hydrogens (tertiary/aromatic N) is 1. The molecular weight excluding hydrogens is 450 g/mol. The molecule has 0 bridgehead atoms. The largest absolute Gasteiger partial charge is 0.467 e. The van der Waals surface area contributed by atoms with Crippen LogP contribution in [0, 0.1) is 5.92 Å². The van der Waals surface area contributed by atoms with Crippen molar-refractivity contribution >= 4 is 33.6 Å². The Morgan fingerprint density at radius 3 is 2.69 bits per heavy atom. The lowest BCUT2D eigenvalue weighted by Crippen LogP contribution is -2.51. The smallest absolute Gasteiger partial charge is 0.243 e. The van der Waals surface area contributed by atoms with Gasteiger partial charge in [-0.25, -0.2) is 8.42 Å². The van der Waals surface area contributed by atoms with Gasteiger partial charge in [0, 0.05) is 13.1 Å². The third kappa shape index (κ3) is 6.36. The maximum Gasteiger partial charge on any atom is 0.243 e. The molecule has 1 aliphatic heterocycles. The highest BCUT2D eigenvalue weighted by atomic mass is 32.2. The zero-order chi connectivity index (χ0) is 23.0. The molecule has 1 saturated heterocycles. The Morgan fingerprint density at radius 2 is 2.00 bits per heavy atom. The number of furan rings is 1. The predicted molar refractivity (Wildman–Crippen MR) is 123 cm³/mol. The molecule has 1 unspecified atom stereocenters. The van der Waals surface area contributed by atoms with Crippen molar-refractivity contribution in [3.8, 4) is 0 Å². The van der Waals surface area contributed by atoms with Crippen LogP contribution in [0.1, 0.15) is 25.0 Å². The molecule has 0 aliphatic carbocycles. The molecular formula is C22H29N3O5S2. The first kappa shape index (κ1) is 24.3. The summed E-state index contributed by atoms with van der Waals surface area (Å²) in [5.41, 5.74) is 0. The Kier molecular flexibility index (Phi) is 8.77. The molecule has 2 atom stereocenters. The van der Waals surface area contributed by atoms with E-state index in [1.165, 1.54) is 10.6 Å². The number of hydrogen-bond acceptors (Lipinski definition) is 6. The summed E-state index contributed by atoms with van der Waals surface area (Å²) in [5.74, 6) is 0.253. The minimum Gasteiger partial charge on any atom is -0.467 e. The average Bonchev–Trinajstić information content (AvgIpc) is 3.34. The van der Waals surface area contributed by atoms with E-state index >= 15 is 0 Å². The van der Waals surface area contributed by atoms with E-state index in [0.29, 0.717) is 37.3 Å². The summed E-state index contributed by atoms with van der Waals surface area (Å²) >= 11 is 1.59. The van der Waals surface area contributed by atoms with Crippen LogP contribution in [0.2, 0.25) is 0 Å². The second kappa shape index (κ2) is 11.5. The van der Waals surface area contributed by atoms with Crippen molar-refractivity contribution in [1.29, 1.82) is 0 Å². The SMILES string of the molecule is CSCC[C@@H](NC(=O)C1CCCN(S(=O)(=O)c2ccccc2)C1)C(=O)NCc1ccco1. The van der Waals surface area contributed by atoms with Gasteiger partial charge in [-0.05, 0) is 55.5 Å². The van der Waals surface area contributed by atoms with Gasteiger partial charge in [-0.15, -0.1) is 0 Å². The quantitative estimate of drug-likeness (QED) is 0.541. The standard InChI is InChI=1S/C22H29N3O5S2/c1-31-14-11-20(22(27)23-15-18-8-6-13-30-18)24-21(26)17-7-5-12-25(16-17)32(28,29)19-9-3-2-4-10-19/h2-4,6,8-10,13,17,20H,5,7,11-12,14-16H2,1H3,(H,23,27)(H,24,26)/t17?,20-/m1/s1. The third-order valence-corrected chi connectivity index (χ3v) is 7.92. The molecule has 0 spiro atoms. The first-order chi connectivity index (χ1) is 15.4. The van der Waals surface area contributed by atoms with E-state index in [4.69, 9.17) is 4.42 Å². The van der Waals surface area contributed by atoms with Gasteiger partial charge in [-0.2, -0.15) is 16.1 Å². The molecule has 1 fully saturated rings. The molecule has 1 aromatic heterocycles. The van der Waals surface area contributed by atoms with Gasteiger partial charge < -0.3 is 15.1 Å². The van der Waals surface area contributed by atoms with E-state index in [-0.39, 0.29) is 29.8 Å². The number of carbonyl (C=O) groups is 2. The van der Waals surface area contributed by atoms with Crippen molar-refractivity contribution in [2.75, 3.05) is 25.1 Å². The summed E-state index contributed by atoms with van der Waals surface area (Å²) < 4.78 is 32.5. The first-order valence-electron chi connectivity index (χ1n) is 10.6. The molecule has 1 aliphatic rings. The summed E-state index contributed by atoms with van der Waals surface area (Å²) in [6.45, 7) is 0.719. The van der Waals surface area contributed by atoms with Crippen molar-refractivity contribution in [1.82, 2.24) is 14.9 Å². The minimum absolute atomic E-state index is 0.103. The van der Waals surface area contributed by atoms with Gasteiger partial charge in [0.15, 0.2) is 0 Å². The monoisotopic (exact) mass is 479 g/mol. The highest BCUT2D eigenvalue weighted by Crippen LogP contribution is 2.24. The Balaban J connectivity index is 1.62. The maximum absolute atomic E-state index is 13.0. The van der Waals surface area contributed by atoms with E-state index in [0.717, 1.165) is 0 Å². The van der Waals surface area contributed by atoms with Crippen LogP contribution >= 0.6 is 11.8 Å². The Bertz CT molecular complexity index is 980. The van der Waals surface area contributed by atoms with Gasteiger partial charge in [-0.3, -0.25) is 9.59 Å². The molecule has 10 heteroatoms. The highest BCUT2D eigenvalue weighted by Gasteiger charge is 2.34. The lowest BCUT2D eigenvalue weighted by molar-refractivity contribution is -0.132. The van der Waals surface area contributed by atoms with Crippen LogP contribution < -0.4 is 10.6 Å². The van der Waals surface area contributed by atoms with Crippen molar-refractivity contribution < 1.29 is 22.4 Å². The lowest BCUT2D eigenvalue weighted by Gasteiger charge is -2.32. The van der Waals surface area contributed by atoms with Crippen molar-refractivity contribution in [2.24, 2.45) is 5.92 Å². The molecule has 2 heterocycles. The van der Waals surface area contributed by atoms with Crippen LogP contribution in [0.3, 0.4) is 0 Å². The minimum atomic E-state index is -3.66. The van der Waals surface area contributed by atoms with E-state index < -0.39 is 22.0 Å². The molecule has 0 saturated carbocycles. The molecule has 8 nitrogen and oxygen atoms in total. The van der Waals surface area contributed by atoms with E-state index in [1.54, 1.807) is 54.2 Å². The number of hydrogen-bond donors (Lipinski definition) is 2. The van der Waals surface area contributed by atoms with E-state index in [1.807, 2.05) is 6.26 Å². The third-order valence-electron chi connectivity index (χ3n) is 5.40. The van der Waals surface area contributed by atoms with Gasteiger partial charge in [0.25, 0.3) is 0 Å². The Morgan fingerprint density at radius 1 is 1.22 bits per heavy atom. The summed E-state index contributed by atoms with van der Waals surface area (Å²) in [6, 6.07) is 11.0. The molecule has 2 N–H and O–H groups in total.